The predicted molar refractivity (Wildman–Crippen MR) is 89.3 cm³/mol. The van der Waals surface area contributed by atoms with Crippen LogP contribution < -0.4 is 4.74 Å². The number of aryl methyl sites for hydroxylation is 1. The van der Waals surface area contributed by atoms with Gasteiger partial charge in [0.25, 0.3) is 0 Å². The van der Waals surface area contributed by atoms with Gasteiger partial charge in [-0.3, -0.25) is 9.80 Å². The maximum absolute atomic E-state index is 13.3. The Kier molecular flexibility index (Phi) is 4.24. The number of ether oxygens (including phenoxy) is 1. The SMILES string of the molecule is Cn1ccnc1CN1CCN2C[C@@H](Oc3cccc(F)c3)C[C@H]2C1. The van der Waals surface area contributed by atoms with Crippen LogP contribution in [0, 0.1) is 5.82 Å². The summed E-state index contributed by atoms with van der Waals surface area (Å²) in [6.45, 7) is 4.96. The van der Waals surface area contributed by atoms with Gasteiger partial charge in [0.1, 0.15) is 23.5 Å². The largest absolute Gasteiger partial charge is 0.489 e. The molecule has 24 heavy (non-hydrogen) atoms. The van der Waals surface area contributed by atoms with Crippen molar-refractivity contribution in [2.24, 2.45) is 7.05 Å². The van der Waals surface area contributed by atoms with Crippen LogP contribution >= 0.6 is 0 Å². The van der Waals surface area contributed by atoms with Crippen molar-refractivity contribution in [3.63, 3.8) is 0 Å². The summed E-state index contributed by atoms with van der Waals surface area (Å²) in [6.07, 6.45) is 4.98. The smallest absolute Gasteiger partial charge is 0.126 e. The van der Waals surface area contributed by atoms with Crippen molar-refractivity contribution in [2.75, 3.05) is 26.2 Å². The molecular weight excluding hydrogens is 307 g/mol. The Morgan fingerprint density at radius 1 is 1.29 bits per heavy atom. The fourth-order valence-corrected chi connectivity index (χ4v) is 3.77. The highest BCUT2D eigenvalue weighted by Crippen LogP contribution is 2.26. The number of hydrogen-bond acceptors (Lipinski definition) is 4. The van der Waals surface area contributed by atoms with E-state index in [2.05, 4.69) is 19.4 Å². The third kappa shape index (κ3) is 3.30. The number of hydrogen-bond donors (Lipinski definition) is 0. The Morgan fingerprint density at radius 2 is 2.21 bits per heavy atom. The van der Waals surface area contributed by atoms with E-state index in [1.54, 1.807) is 6.07 Å². The molecule has 1 aromatic heterocycles. The zero-order valence-electron chi connectivity index (χ0n) is 13.9. The number of benzene rings is 1. The lowest BCUT2D eigenvalue weighted by Crippen LogP contribution is -2.49. The molecule has 0 radical (unpaired) electrons. The molecule has 0 unspecified atom stereocenters. The van der Waals surface area contributed by atoms with Crippen molar-refractivity contribution in [3.05, 3.63) is 48.3 Å². The molecule has 0 N–H and O–H groups in total. The topological polar surface area (TPSA) is 33.5 Å². The zero-order chi connectivity index (χ0) is 16.5. The summed E-state index contributed by atoms with van der Waals surface area (Å²) in [5.41, 5.74) is 0. The van der Waals surface area contributed by atoms with Gasteiger partial charge in [-0.2, -0.15) is 0 Å². The second-order valence-corrected chi connectivity index (χ2v) is 6.77. The first kappa shape index (κ1) is 15.6. The van der Waals surface area contributed by atoms with E-state index in [9.17, 15) is 4.39 Å². The molecule has 5 nitrogen and oxygen atoms in total. The molecule has 0 amide bonds. The number of halogens is 1. The number of imidazole rings is 1. The van der Waals surface area contributed by atoms with Crippen LogP contribution in [0.3, 0.4) is 0 Å². The Hall–Kier alpha value is -1.92. The number of rotatable bonds is 4. The molecule has 4 rings (SSSR count). The summed E-state index contributed by atoms with van der Waals surface area (Å²) in [5, 5.41) is 0. The second kappa shape index (κ2) is 6.53. The van der Waals surface area contributed by atoms with E-state index in [0.29, 0.717) is 11.8 Å². The third-order valence-corrected chi connectivity index (χ3v) is 5.05. The molecule has 2 aromatic rings. The molecule has 128 valence electrons. The molecule has 0 saturated carbocycles. The summed E-state index contributed by atoms with van der Waals surface area (Å²) >= 11 is 0. The minimum absolute atomic E-state index is 0.143. The molecule has 2 fully saturated rings. The van der Waals surface area contributed by atoms with Crippen LogP contribution in [-0.4, -0.2) is 57.7 Å². The molecule has 3 heterocycles. The van der Waals surface area contributed by atoms with E-state index in [0.717, 1.165) is 45.0 Å². The molecule has 0 bridgehead atoms. The average molecular weight is 330 g/mol. The predicted octanol–water partition coefficient (Wildman–Crippen LogP) is 1.90. The summed E-state index contributed by atoms with van der Waals surface area (Å²) in [7, 11) is 2.04. The lowest BCUT2D eigenvalue weighted by atomic mass is 10.1. The van der Waals surface area contributed by atoms with E-state index in [4.69, 9.17) is 4.74 Å². The molecule has 1 aromatic carbocycles. The monoisotopic (exact) mass is 330 g/mol. The quantitative estimate of drug-likeness (QED) is 0.857. The number of piperazine rings is 1. The van der Waals surface area contributed by atoms with Crippen molar-refractivity contribution >= 4 is 0 Å². The van der Waals surface area contributed by atoms with Gasteiger partial charge in [0.15, 0.2) is 0 Å². The van der Waals surface area contributed by atoms with Crippen LogP contribution in [0.15, 0.2) is 36.7 Å². The lowest BCUT2D eigenvalue weighted by Gasteiger charge is -2.36. The minimum atomic E-state index is -0.246. The van der Waals surface area contributed by atoms with Gasteiger partial charge in [-0.25, -0.2) is 9.37 Å². The van der Waals surface area contributed by atoms with Gasteiger partial charge in [-0.1, -0.05) is 6.07 Å². The number of fused-ring (bicyclic) bond motifs is 1. The summed E-state index contributed by atoms with van der Waals surface area (Å²) < 4.78 is 21.4. The Labute approximate surface area is 141 Å². The Morgan fingerprint density at radius 3 is 3.00 bits per heavy atom. The highest BCUT2D eigenvalue weighted by Gasteiger charge is 2.37. The number of aromatic nitrogens is 2. The van der Waals surface area contributed by atoms with Crippen LogP contribution in [-0.2, 0) is 13.6 Å². The Bertz CT molecular complexity index is 704. The first-order valence-electron chi connectivity index (χ1n) is 8.52. The molecule has 0 spiro atoms. The van der Waals surface area contributed by atoms with E-state index < -0.39 is 0 Å². The standard InChI is InChI=1S/C18H23FN4O/c1-21-6-5-20-18(21)13-22-7-8-23-12-17(10-15(23)11-22)24-16-4-2-3-14(19)9-16/h2-6,9,15,17H,7-8,10-13H2,1H3/t15-,17-/m0/s1. The first-order valence-corrected chi connectivity index (χ1v) is 8.52. The van der Waals surface area contributed by atoms with Crippen molar-refractivity contribution in [1.29, 1.82) is 0 Å². The summed E-state index contributed by atoms with van der Waals surface area (Å²) in [5.74, 6) is 1.49. The summed E-state index contributed by atoms with van der Waals surface area (Å²) in [6, 6.07) is 6.94. The highest BCUT2D eigenvalue weighted by atomic mass is 19.1. The van der Waals surface area contributed by atoms with Gasteiger partial charge in [-0.15, -0.1) is 0 Å². The molecule has 2 saturated heterocycles. The molecule has 2 aliphatic heterocycles. The van der Waals surface area contributed by atoms with E-state index in [-0.39, 0.29) is 11.9 Å². The highest BCUT2D eigenvalue weighted by molar-refractivity contribution is 5.23. The van der Waals surface area contributed by atoms with E-state index in [1.165, 1.54) is 12.1 Å². The van der Waals surface area contributed by atoms with Crippen molar-refractivity contribution in [3.8, 4) is 5.75 Å². The van der Waals surface area contributed by atoms with Gasteiger partial charge in [0.05, 0.1) is 6.54 Å². The molecule has 6 heteroatoms. The lowest BCUT2D eigenvalue weighted by molar-refractivity contribution is 0.0953. The minimum Gasteiger partial charge on any atom is -0.489 e. The van der Waals surface area contributed by atoms with Gasteiger partial charge < -0.3 is 9.30 Å². The zero-order valence-corrected chi connectivity index (χ0v) is 13.9. The Balaban J connectivity index is 1.35. The van der Waals surface area contributed by atoms with Crippen LogP contribution in [0.1, 0.15) is 12.2 Å². The van der Waals surface area contributed by atoms with Crippen LogP contribution in [0.5, 0.6) is 5.75 Å². The maximum atomic E-state index is 13.3. The second-order valence-electron chi connectivity index (χ2n) is 6.77. The maximum Gasteiger partial charge on any atom is 0.126 e. The van der Waals surface area contributed by atoms with Crippen LogP contribution in [0.4, 0.5) is 4.39 Å². The molecular formula is C18H23FN4O. The van der Waals surface area contributed by atoms with Gasteiger partial charge in [-0.05, 0) is 12.1 Å². The first-order chi connectivity index (χ1) is 11.7. The number of nitrogens with zero attached hydrogens (tertiary/aromatic N) is 4. The fourth-order valence-electron chi connectivity index (χ4n) is 3.77. The van der Waals surface area contributed by atoms with Gasteiger partial charge in [0.2, 0.25) is 0 Å². The van der Waals surface area contributed by atoms with Crippen LogP contribution in [0.25, 0.3) is 0 Å². The van der Waals surface area contributed by atoms with Crippen LogP contribution in [0.2, 0.25) is 0 Å². The average Bonchev–Trinajstić information content (AvgIpc) is 3.13. The third-order valence-electron chi connectivity index (χ3n) is 5.05. The molecule has 2 aliphatic rings. The van der Waals surface area contributed by atoms with E-state index in [1.807, 2.05) is 25.5 Å². The molecule has 2 atom stereocenters. The van der Waals surface area contributed by atoms with Crippen molar-refractivity contribution in [1.82, 2.24) is 19.4 Å². The van der Waals surface area contributed by atoms with E-state index >= 15 is 0 Å². The fraction of sp³-hybridized carbons (Fsp3) is 0.500. The van der Waals surface area contributed by atoms with Gasteiger partial charge >= 0.3 is 0 Å². The molecule has 0 aliphatic carbocycles. The summed E-state index contributed by atoms with van der Waals surface area (Å²) in [4.78, 5) is 9.39. The normalized spacial score (nSPS) is 24.9. The van der Waals surface area contributed by atoms with Crippen molar-refractivity contribution in [2.45, 2.75) is 25.1 Å². The van der Waals surface area contributed by atoms with Crippen molar-refractivity contribution < 1.29 is 9.13 Å². The van der Waals surface area contributed by atoms with Gasteiger partial charge in [0, 0.05) is 64.1 Å².